The summed E-state index contributed by atoms with van der Waals surface area (Å²) in [4.78, 5) is 47.9. The van der Waals surface area contributed by atoms with Crippen LogP contribution in [0.25, 0.3) is 11.1 Å². The quantitative estimate of drug-likeness (QED) is 0.428. The van der Waals surface area contributed by atoms with E-state index in [0.717, 1.165) is 9.75 Å². The van der Waals surface area contributed by atoms with Crippen molar-refractivity contribution in [2.75, 3.05) is 26.3 Å². The number of thiophene rings is 1. The first kappa shape index (κ1) is 25.1. The molecule has 4 rings (SSSR count). The molecule has 0 aliphatic carbocycles. The lowest BCUT2D eigenvalue weighted by molar-refractivity contribution is -0.139. The van der Waals surface area contributed by atoms with Gasteiger partial charge in [-0.25, -0.2) is 4.98 Å². The van der Waals surface area contributed by atoms with Crippen LogP contribution in [0.2, 0.25) is 0 Å². The number of ether oxygens (including phenoxy) is 1. The van der Waals surface area contributed by atoms with Crippen molar-refractivity contribution < 1.29 is 23.5 Å². The number of nitrogens with one attached hydrogen (secondary N) is 1. The van der Waals surface area contributed by atoms with Gasteiger partial charge in [-0.15, -0.1) is 11.3 Å². The summed E-state index contributed by atoms with van der Waals surface area (Å²) in [6, 6.07) is 10.4. The number of para-hydroxylation sites is 2. The second-order valence-electron chi connectivity index (χ2n) is 8.81. The molecule has 1 N–H and O–H groups in total. The molecule has 2 amide bonds. The fourth-order valence-electron chi connectivity index (χ4n) is 4.22. The molecule has 3 aromatic rings. The SMILES string of the molecule is CCCC(NC(=O)C(CC(=O)N1CCOCC1)Cc1ccc(C)s1)C(=O)c1nc2ccccc2o1. The summed E-state index contributed by atoms with van der Waals surface area (Å²) in [6.07, 6.45) is 1.67. The third kappa shape index (κ3) is 6.35. The van der Waals surface area contributed by atoms with Gasteiger partial charge in [0.25, 0.3) is 5.89 Å². The van der Waals surface area contributed by atoms with Crippen LogP contribution in [0.3, 0.4) is 0 Å². The van der Waals surface area contributed by atoms with Gasteiger partial charge in [0.2, 0.25) is 17.6 Å². The van der Waals surface area contributed by atoms with Crippen LogP contribution in [0.15, 0.2) is 40.8 Å². The average Bonchev–Trinajstić information content (AvgIpc) is 3.49. The van der Waals surface area contributed by atoms with Gasteiger partial charge in [-0.05, 0) is 44.0 Å². The maximum atomic E-state index is 13.5. The molecule has 3 heterocycles. The Morgan fingerprint density at radius 3 is 2.60 bits per heavy atom. The fourth-order valence-corrected chi connectivity index (χ4v) is 5.19. The summed E-state index contributed by atoms with van der Waals surface area (Å²) in [5, 5.41) is 2.92. The lowest BCUT2D eigenvalue weighted by atomic mass is 9.96. The molecule has 1 aliphatic rings. The number of hydrogen-bond acceptors (Lipinski definition) is 7. The van der Waals surface area contributed by atoms with Crippen LogP contribution in [0.1, 0.15) is 46.6 Å². The highest BCUT2D eigenvalue weighted by atomic mass is 32.1. The number of benzene rings is 1. The summed E-state index contributed by atoms with van der Waals surface area (Å²) < 4.78 is 11.0. The first-order chi connectivity index (χ1) is 16.9. The van der Waals surface area contributed by atoms with E-state index in [1.807, 2.05) is 38.1 Å². The number of aromatic nitrogens is 1. The molecule has 1 saturated heterocycles. The molecule has 9 heteroatoms. The number of amides is 2. The average molecular weight is 498 g/mol. The third-order valence-corrected chi connectivity index (χ3v) is 7.14. The number of hydrogen-bond donors (Lipinski definition) is 1. The molecular weight excluding hydrogens is 466 g/mol. The Labute approximate surface area is 208 Å². The molecule has 0 radical (unpaired) electrons. The number of aryl methyl sites for hydroxylation is 1. The second-order valence-corrected chi connectivity index (χ2v) is 10.2. The van der Waals surface area contributed by atoms with Crippen molar-refractivity contribution in [3.05, 3.63) is 52.0 Å². The van der Waals surface area contributed by atoms with Gasteiger partial charge in [0.15, 0.2) is 5.58 Å². The first-order valence-corrected chi connectivity index (χ1v) is 12.9. The number of carbonyl (C=O) groups excluding carboxylic acids is 3. The van der Waals surface area contributed by atoms with Crippen LogP contribution in [-0.2, 0) is 20.7 Å². The molecule has 2 aromatic heterocycles. The van der Waals surface area contributed by atoms with E-state index in [9.17, 15) is 14.4 Å². The Balaban J connectivity index is 1.50. The Morgan fingerprint density at radius 1 is 1.14 bits per heavy atom. The van der Waals surface area contributed by atoms with Crippen molar-refractivity contribution in [1.29, 1.82) is 0 Å². The number of fused-ring (bicyclic) bond motifs is 1. The highest BCUT2D eigenvalue weighted by Crippen LogP contribution is 2.23. The zero-order chi connectivity index (χ0) is 24.8. The highest BCUT2D eigenvalue weighted by Gasteiger charge is 2.31. The molecule has 1 fully saturated rings. The summed E-state index contributed by atoms with van der Waals surface area (Å²) in [7, 11) is 0. The van der Waals surface area contributed by atoms with E-state index < -0.39 is 12.0 Å². The molecule has 35 heavy (non-hydrogen) atoms. The molecule has 0 bridgehead atoms. The fraction of sp³-hybridized carbons (Fsp3) is 0.462. The predicted octanol–water partition coefficient (Wildman–Crippen LogP) is 3.77. The van der Waals surface area contributed by atoms with Gasteiger partial charge >= 0.3 is 0 Å². The number of rotatable bonds is 10. The van der Waals surface area contributed by atoms with Crippen LogP contribution < -0.4 is 5.32 Å². The number of oxazole rings is 1. The van der Waals surface area contributed by atoms with Gasteiger partial charge in [-0.1, -0.05) is 25.5 Å². The molecule has 8 nitrogen and oxygen atoms in total. The van der Waals surface area contributed by atoms with Gasteiger partial charge in [-0.2, -0.15) is 0 Å². The smallest absolute Gasteiger partial charge is 0.266 e. The normalized spacial score (nSPS) is 15.7. The van der Waals surface area contributed by atoms with Gasteiger partial charge in [0.1, 0.15) is 5.52 Å². The Hall–Kier alpha value is -3.04. The first-order valence-electron chi connectivity index (χ1n) is 12.1. The van der Waals surface area contributed by atoms with E-state index in [2.05, 4.69) is 10.3 Å². The van der Waals surface area contributed by atoms with Gasteiger partial charge < -0.3 is 19.4 Å². The van der Waals surface area contributed by atoms with Crippen LogP contribution in [0.4, 0.5) is 0 Å². The van der Waals surface area contributed by atoms with Gasteiger partial charge in [-0.3, -0.25) is 14.4 Å². The van der Waals surface area contributed by atoms with Crippen molar-refractivity contribution in [3.8, 4) is 0 Å². The Morgan fingerprint density at radius 2 is 1.91 bits per heavy atom. The summed E-state index contributed by atoms with van der Waals surface area (Å²) in [5.74, 6) is -1.33. The largest absolute Gasteiger partial charge is 0.434 e. The minimum Gasteiger partial charge on any atom is -0.434 e. The molecule has 1 aromatic carbocycles. The topological polar surface area (TPSA) is 102 Å². The van der Waals surface area contributed by atoms with Crippen molar-refractivity contribution >= 4 is 40.0 Å². The van der Waals surface area contributed by atoms with Crippen LogP contribution >= 0.6 is 11.3 Å². The van der Waals surface area contributed by atoms with E-state index in [4.69, 9.17) is 9.15 Å². The standard InChI is InChI=1S/C26H31N3O5S/c1-3-6-21(24(31)26-28-20-7-4-5-8-22(20)34-26)27-25(32)18(15-19-10-9-17(2)35-19)16-23(30)29-11-13-33-14-12-29/h4-5,7-10,18,21H,3,6,11-16H2,1-2H3,(H,27,32). The van der Waals surface area contributed by atoms with E-state index in [0.29, 0.717) is 56.7 Å². The number of carbonyl (C=O) groups is 3. The Kier molecular flexibility index (Phi) is 8.30. The monoisotopic (exact) mass is 497 g/mol. The molecule has 0 spiro atoms. The van der Waals surface area contributed by atoms with E-state index >= 15 is 0 Å². The van der Waals surface area contributed by atoms with Gasteiger partial charge in [0, 0.05) is 29.3 Å². The van der Waals surface area contributed by atoms with Crippen molar-refractivity contribution in [1.82, 2.24) is 15.2 Å². The van der Waals surface area contributed by atoms with Crippen molar-refractivity contribution in [3.63, 3.8) is 0 Å². The minimum absolute atomic E-state index is 0.0141. The molecule has 0 saturated carbocycles. The lowest BCUT2D eigenvalue weighted by Gasteiger charge is -2.28. The molecule has 1 aliphatic heterocycles. The number of morpholine rings is 1. The zero-order valence-corrected chi connectivity index (χ0v) is 20.9. The van der Waals surface area contributed by atoms with Crippen molar-refractivity contribution in [2.45, 2.75) is 45.6 Å². The van der Waals surface area contributed by atoms with E-state index in [-0.39, 0.29) is 29.9 Å². The summed E-state index contributed by atoms with van der Waals surface area (Å²) >= 11 is 1.61. The highest BCUT2D eigenvalue weighted by molar-refractivity contribution is 7.11. The van der Waals surface area contributed by atoms with E-state index in [1.165, 1.54) is 0 Å². The number of Topliss-reactive ketones (excluding diaryl/α,β-unsaturated/α-hetero) is 1. The zero-order valence-electron chi connectivity index (χ0n) is 20.1. The van der Waals surface area contributed by atoms with Crippen molar-refractivity contribution in [2.24, 2.45) is 5.92 Å². The molecule has 2 unspecified atom stereocenters. The second kappa shape index (κ2) is 11.6. The lowest BCUT2D eigenvalue weighted by Crippen LogP contribution is -2.46. The van der Waals surface area contributed by atoms with Crippen LogP contribution in [0, 0.1) is 12.8 Å². The maximum Gasteiger partial charge on any atom is 0.266 e. The number of ketones is 1. The Bertz CT molecular complexity index is 1150. The summed E-state index contributed by atoms with van der Waals surface area (Å²) in [5.41, 5.74) is 1.12. The number of nitrogens with zero attached hydrogens (tertiary/aromatic N) is 2. The van der Waals surface area contributed by atoms with Crippen LogP contribution in [-0.4, -0.2) is 59.8 Å². The van der Waals surface area contributed by atoms with E-state index in [1.54, 1.807) is 28.4 Å². The summed E-state index contributed by atoms with van der Waals surface area (Å²) in [6.45, 7) is 6.03. The molecular formula is C26H31N3O5S. The molecule has 186 valence electrons. The maximum absolute atomic E-state index is 13.5. The third-order valence-electron chi connectivity index (χ3n) is 6.11. The van der Waals surface area contributed by atoms with Gasteiger partial charge in [0.05, 0.1) is 25.2 Å². The minimum atomic E-state index is -0.772. The molecule has 2 atom stereocenters. The van der Waals surface area contributed by atoms with Crippen LogP contribution in [0.5, 0.6) is 0 Å². The predicted molar refractivity (Wildman–Crippen MR) is 133 cm³/mol.